The zero-order chi connectivity index (χ0) is 13.7. The number of carbonyl (C=O) groups excluding carboxylic acids is 1. The summed E-state index contributed by atoms with van der Waals surface area (Å²) in [5.41, 5.74) is 10.1. The monoisotopic (exact) mass is 289 g/mol. The summed E-state index contributed by atoms with van der Waals surface area (Å²) in [6, 6.07) is 6.93. The quantitative estimate of drug-likeness (QED) is 0.746. The van der Waals surface area contributed by atoms with Gasteiger partial charge in [-0.15, -0.1) is 0 Å². The summed E-state index contributed by atoms with van der Waals surface area (Å²) >= 11 is 1.63. The zero-order valence-electron chi connectivity index (χ0n) is 11.5. The number of nitrogens with one attached hydrogen (secondary N) is 3. The fraction of sp³-hybridized carbons (Fsp3) is 0.533. The van der Waals surface area contributed by atoms with Gasteiger partial charge in [0.05, 0.1) is 10.9 Å². The summed E-state index contributed by atoms with van der Waals surface area (Å²) in [6.45, 7) is 2.61. The molecule has 1 aromatic rings. The van der Waals surface area contributed by atoms with Crippen LogP contribution in [0, 0.1) is 11.8 Å². The van der Waals surface area contributed by atoms with Crippen LogP contribution in [0.15, 0.2) is 18.2 Å². The number of Topliss-reactive ketones (excluding diaryl/α,β-unsaturated/α-hetero) is 1. The summed E-state index contributed by atoms with van der Waals surface area (Å²) in [4.78, 5) is 11.9. The van der Waals surface area contributed by atoms with Crippen LogP contribution in [0.2, 0.25) is 0 Å². The lowest BCUT2D eigenvalue weighted by Gasteiger charge is -2.22. The van der Waals surface area contributed by atoms with Crippen LogP contribution < -0.4 is 15.6 Å². The highest BCUT2D eigenvalue weighted by Crippen LogP contribution is 2.52. The Kier molecular flexibility index (Phi) is 3.02. The molecule has 1 saturated carbocycles. The van der Waals surface area contributed by atoms with Gasteiger partial charge >= 0.3 is 0 Å². The van der Waals surface area contributed by atoms with Crippen molar-refractivity contribution in [1.29, 1.82) is 0 Å². The SMILES string of the molecule is CC(=O)C1SNC(c2ccc3c(c2)NNC3)C1C1CC1. The number of fused-ring (bicyclic) bond motifs is 1. The van der Waals surface area contributed by atoms with Gasteiger partial charge in [-0.3, -0.25) is 9.52 Å². The first kappa shape index (κ1) is 12.7. The van der Waals surface area contributed by atoms with Crippen molar-refractivity contribution in [2.45, 2.75) is 37.6 Å². The van der Waals surface area contributed by atoms with E-state index < -0.39 is 0 Å². The van der Waals surface area contributed by atoms with E-state index in [4.69, 9.17) is 0 Å². The molecule has 0 aromatic heterocycles. The number of carbonyl (C=O) groups is 1. The number of anilines is 1. The van der Waals surface area contributed by atoms with Crippen LogP contribution >= 0.6 is 11.9 Å². The van der Waals surface area contributed by atoms with Crippen molar-refractivity contribution in [1.82, 2.24) is 10.1 Å². The van der Waals surface area contributed by atoms with E-state index in [9.17, 15) is 4.79 Å². The molecule has 20 heavy (non-hydrogen) atoms. The minimum atomic E-state index is 0.117. The molecule has 1 saturated heterocycles. The fourth-order valence-electron chi connectivity index (χ4n) is 3.42. The predicted octanol–water partition coefficient (Wildman–Crippen LogP) is 2.39. The van der Waals surface area contributed by atoms with Gasteiger partial charge in [-0.05, 0) is 42.9 Å². The van der Waals surface area contributed by atoms with Crippen LogP contribution in [0.5, 0.6) is 0 Å². The molecule has 106 valence electrons. The lowest BCUT2D eigenvalue weighted by Crippen LogP contribution is -2.26. The zero-order valence-corrected chi connectivity index (χ0v) is 12.3. The van der Waals surface area contributed by atoms with Crippen LogP contribution in [0.25, 0.3) is 0 Å². The second kappa shape index (κ2) is 4.76. The number of benzene rings is 1. The maximum Gasteiger partial charge on any atom is 0.144 e. The molecule has 2 fully saturated rings. The molecule has 1 aliphatic carbocycles. The van der Waals surface area contributed by atoms with Crippen LogP contribution in [0.4, 0.5) is 5.69 Å². The Bertz CT molecular complexity index is 558. The van der Waals surface area contributed by atoms with E-state index in [1.165, 1.54) is 29.7 Å². The number of hydrogen-bond acceptors (Lipinski definition) is 5. The minimum Gasteiger partial charge on any atom is -0.321 e. The van der Waals surface area contributed by atoms with Gasteiger partial charge < -0.3 is 5.43 Å². The highest BCUT2D eigenvalue weighted by molar-refractivity contribution is 7.99. The Morgan fingerprint density at radius 1 is 1.35 bits per heavy atom. The maximum atomic E-state index is 11.9. The molecule has 2 heterocycles. The topological polar surface area (TPSA) is 53.2 Å². The molecular formula is C15H19N3OS. The first-order valence-electron chi connectivity index (χ1n) is 7.27. The summed E-state index contributed by atoms with van der Waals surface area (Å²) in [7, 11) is 0. The molecule has 2 aliphatic heterocycles. The molecule has 0 amide bonds. The Hall–Kier alpha value is -1.04. The van der Waals surface area contributed by atoms with Crippen molar-refractivity contribution in [2.75, 3.05) is 5.43 Å². The third-order valence-corrected chi connectivity index (χ3v) is 5.91. The molecule has 4 rings (SSSR count). The number of hydrazine groups is 1. The van der Waals surface area contributed by atoms with Gasteiger partial charge in [0.2, 0.25) is 0 Å². The Morgan fingerprint density at radius 3 is 2.95 bits per heavy atom. The highest BCUT2D eigenvalue weighted by Gasteiger charge is 2.48. The number of ketones is 1. The molecule has 0 bridgehead atoms. The van der Waals surface area contributed by atoms with E-state index in [1.54, 1.807) is 18.9 Å². The Labute approximate surface area is 123 Å². The van der Waals surface area contributed by atoms with Crippen molar-refractivity contribution in [3.63, 3.8) is 0 Å². The average Bonchev–Trinajstić information content (AvgIpc) is 3.02. The van der Waals surface area contributed by atoms with Crippen LogP contribution in [-0.2, 0) is 11.3 Å². The van der Waals surface area contributed by atoms with Crippen LogP contribution in [0.3, 0.4) is 0 Å². The molecule has 3 aliphatic rings. The molecule has 4 nitrogen and oxygen atoms in total. The van der Waals surface area contributed by atoms with Gasteiger partial charge in [-0.2, -0.15) is 0 Å². The minimum absolute atomic E-state index is 0.117. The van der Waals surface area contributed by atoms with Gasteiger partial charge in [0.15, 0.2) is 0 Å². The second-order valence-corrected chi connectivity index (χ2v) is 7.03. The normalized spacial score (nSPS) is 31.9. The smallest absolute Gasteiger partial charge is 0.144 e. The third kappa shape index (κ3) is 2.05. The first-order valence-corrected chi connectivity index (χ1v) is 8.15. The van der Waals surface area contributed by atoms with E-state index in [-0.39, 0.29) is 5.25 Å². The molecular weight excluding hydrogens is 270 g/mol. The van der Waals surface area contributed by atoms with Gasteiger partial charge in [-0.1, -0.05) is 24.1 Å². The summed E-state index contributed by atoms with van der Waals surface area (Å²) in [5.74, 6) is 1.48. The number of rotatable bonds is 3. The van der Waals surface area contributed by atoms with E-state index >= 15 is 0 Å². The molecule has 3 N–H and O–H groups in total. The fourth-order valence-corrected chi connectivity index (χ4v) is 4.70. The molecule has 0 spiro atoms. The van der Waals surface area contributed by atoms with E-state index in [0.717, 1.165) is 12.5 Å². The van der Waals surface area contributed by atoms with Gasteiger partial charge in [0, 0.05) is 18.5 Å². The van der Waals surface area contributed by atoms with Crippen molar-refractivity contribution in [3.8, 4) is 0 Å². The lowest BCUT2D eigenvalue weighted by molar-refractivity contribution is -0.117. The van der Waals surface area contributed by atoms with Gasteiger partial charge in [0.25, 0.3) is 0 Å². The van der Waals surface area contributed by atoms with E-state index in [1.807, 2.05) is 0 Å². The van der Waals surface area contributed by atoms with Crippen molar-refractivity contribution < 1.29 is 4.79 Å². The van der Waals surface area contributed by atoms with E-state index in [0.29, 0.717) is 17.7 Å². The highest BCUT2D eigenvalue weighted by atomic mass is 32.2. The predicted molar refractivity (Wildman–Crippen MR) is 81.1 cm³/mol. The standard InChI is InChI=1S/C15H19N3OS/c1-8(19)15-13(9-2-3-9)14(18-20-15)10-4-5-11-7-16-17-12(11)6-10/h4-6,9,13-18H,2-3,7H2,1H3. The maximum absolute atomic E-state index is 11.9. The summed E-state index contributed by atoms with van der Waals surface area (Å²) in [6.07, 6.45) is 2.55. The number of hydrogen-bond donors (Lipinski definition) is 3. The molecule has 5 heteroatoms. The molecule has 3 atom stereocenters. The van der Waals surface area contributed by atoms with Crippen LogP contribution in [-0.4, -0.2) is 11.0 Å². The third-order valence-electron chi connectivity index (χ3n) is 4.62. The Morgan fingerprint density at radius 2 is 2.20 bits per heavy atom. The Balaban J connectivity index is 1.65. The summed E-state index contributed by atoms with van der Waals surface area (Å²) < 4.78 is 3.51. The van der Waals surface area contributed by atoms with Crippen molar-refractivity contribution >= 4 is 23.4 Å². The van der Waals surface area contributed by atoms with E-state index in [2.05, 4.69) is 33.8 Å². The molecule has 1 aromatic carbocycles. The van der Waals surface area contributed by atoms with Crippen molar-refractivity contribution in [2.24, 2.45) is 11.8 Å². The average molecular weight is 289 g/mol. The van der Waals surface area contributed by atoms with Gasteiger partial charge in [0.1, 0.15) is 5.78 Å². The molecule has 3 unspecified atom stereocenters. The van der Waals surface area contributed by atoms with Crippen molar-refractivity contribution in [3.05, 3.63) is 29.3 Å². The van der Waals surface area contributed by atoms with Gasteiger partial charge in [-0.25, -0.2) is 5.43 Å². The molecule has 0 radical (unpaired) electrons. The largest absolute Gasteiger partial charge is 0.321 e. The first-order chi connectivity index (χ1) is 9.74. The summed E-state index contributed by atoms with van der Waals surface area (Å²) in [5, 5.41) is 0.117. The van der Waals surface area contributed by atoms with Crippen LogP contribution in [0.1, 0.15) is 36.9 Å². The lowest BCUT2D eigenvalue weighted by atomic mass is 9.85. The second-order valence-electron chi connectivity index (χ2n) is 6.05.